The Morgan fingerprint density at radius 2 is 1.52 bits per heavy atom. The molecule has 144 valence electrons. The van der Waals surface area contributed by atoms with Crippen LogP contribution >= 0.6 is 0 Å². The van der Waals surface area contributed by atoms with E-state index in [2.05, 4.69) is 0 Å². The lowest BCUT2D eigenvalue weighted by Gasteiger charge is -2.35. The fraction of sp³-hybridized carbons (Fsp3) is 0.381. The molecule has 1 saturated heterocycles. The molecule has 0 bridgehead atoms. The second-order valence-corrected chi connectivity index (χ2v) is 6.92. The zero-order valence-corrected chi connectivity index (χ0v) is 15.3. The average molecular weight is 376 g/mol. The normalized spacial score (nSPS) is 15.8. The molecule has 2 aromatic carbocycles. The first-order chi connectivity index (χ1) is 12.8. The van der Waals surface area contributed by atoms with Gasteiger partial charge < -0.3 is 4.90 Å². The topological polar surface area (TPSA) is 23.6 Å². The van der Waals surface area contributed by atoms with Crippen LogP contribution in [0.1, 0.15) is 22.3 Å². The van der Waals surface area contributed by atoms with Crippen LogP contribution in [0, 0.1) is 6.92 Å². The van der Waals surface area contributed by atoms with Crippen molar-refractivity contribution in [3.63, 3.8) is 0 Å². The summed E-state index contributed by atoms with van der Waals surface area (Å²) in [6.07, 6.45) is -3.98. The minimum Gasteiger partial charge on any atom is -0.340 e. The highest BCUT2D eigenvalue weighted by Crippen LogP contribution is 2.32. The number of rotatable bonds is 4. The van der Waals surface area contributed by atoms with Crippen molar-refractivity contribution >= 4 is 5.91 Å². The van der Waals surface area contributed by atoms with E-state index in [4.69, 9.17) is 0 Å². The van der Waals surface area contributed by atoms with Gasteiger partial charge in [0, 0.05) is 32.7 Å². The highest BCUT2D eigenvalue weighted by molar-refractivity contribution is 5.79. The molecule has 0 radical (unpaired) electrons. The Labute approximate surface area is 157 Å². The highest BCUT2D eigenvalue weighted by atomic mass is 19.4. The number of nitrogens with zero attached hydrogens (tertiary/aromatic N) is 2. The van der Waals surface area contributed by atoms with Crippen LogP contribution in [-0.4, -0.2) is 41.9 Å². The van der Waals surface area contributed by atoms with Gasteiger partial charge in [-0.15, -0.1) is 0 Å². The number of hydrogen-bond acceptors (Lipinski definition) is 2. The van der Waals surface area contributed by atoms with Gasteiger partial charge in [0.05, 0.1) is 12.0 Å². The van der Waals surface area contributed by atoms with Gasteiger partial charge in [0.2, 0.25) is 5.91 Å². The second-order valence-electron chi connectivity index (χ2n) is 6.92. The fourth-order valence-electron chi connectivity index (χ4n) is 3.41. The summed E-state index contributed by atoms with van der Waals surface area (Å²) in [6.45, 7) is 4.46. The van der Waals surface area contributed by atoms with Gasteiger partial charge >= 0.3 is 6.18 Å². The van der Waals surface area contributed by atoms with Crippen LogP contribution in [0.4, 0.5) is 13.2 Å². The van der Waals surface area contributed by atoms with E-state index in [0.717, 1.165) is 17.2 Å². The smallest absolute Gasteiger partial charge is 0.340 e. The fourth-order valence-corrected chi connectivity index (χ4v) is 3.41. The molecule has 1 aliphatic rings. The first-order valence-corrected chi connectivity index (χ1v) is 9.04. The molecule has 6 heteroatoms. The van der Waals surface area contributed by atoms with Crippen LogP contribution in [0.3, 0.4) is 0 Å². The molecule has 2 aromatic rings. The summed E-state index contributed by atoms with van der Waals surface area (Å²) in [6, 6.07) is 13.5. The Morgan fingerprint density at radius 1 is 0.926 bits per heavy atom. The maximum Gasteiger partial charge on any atom is 0.416 e. The van der Waals surface area contributed by atoms with Gasteiger partial charge in [-0.3, -0.25) is 9.69 Å². The molecule has 27 heavy (non-hydrogen) atoms. The van der Waals surface area contributed by atoms with Crippen LogP contribution < -0.4 is 0 Å². The van der Waals surface area contributed by atoms with E-state index in [1.807, 2.05) is 36.1 Å². The molecule has 1 fully saturated rings. The standard InChI is InChI=1S/C21H23F3N2O/c1-16-6-2-3-7-17(16)14-20(27)26-12-10-25(11-13-26)15-18-8-4-5-9-19(18)21(22,23)24/h2-9H,10-15H2,1H3. The summed E-state index contributed by atoms with van der Waals surface area (Å²) in [7, 11) is 0. The number of piperazine rings is 1. The summed E-state index contributed by atoms with van der Waals surface area (Å²) < 4.78 is 39.4. The quantitative estimate of drug-likeness (QED) is 0.808. The molecule has 0 aromatic heterocycles. The molecule has 0 unspecified atom stereocenters. The number of aryl methyl sites for hydroxylation is 1. The summed E-state index contributed by atoms with van der Waals surface area (Å²) in [5.41, 5.74) is 1.81. The van der Waals surface area contributed by atoms with Crippen molar-refractivity contribution in [3.8, 4) is 0 Å². The third-order valence-corrected chi connectivity index (χ3v) is 5.04. The number of hydrogen-bond donors (Lipinski definition) is 0. The third kappa shape index (κ3) is 4.89. The molecule has 0 N–H and O–H groups in total. The Hall–Kier alpha value is -2.34. The molecule has 0 saturated carbocycles. The molecule has 0 aliphatic carbocycles. The lowest BCUT2D eigenvalue weighted by molar-refractivity contribution is -0.138. The highest BCUT2D eigenvalue weighted by Gasteiger charge is 2.33. The van der Waals surface area contributed by atoms with Gasteiger partial charge in [-0.05, 0) is 29.7 Å². The molecule has 1 amide bonds. The minimum absolute atomic E-state index is 0.0691. The predicted molar refractivity (Wildman–Crippen MR) is 98.2 cm³/mol. The Bertz CT molecular complexity index is 796. The van der Waals surface area contributed by atoms with Crippen LogP contribution in [-0.2, 0) is 23.9 Å². The second kappa shape index (κ2) is 8.13. The van der Waals surface area contributed by atoms with Crippen molar-refractivity contribution in [3.05, 3.63) is 70.8 Å². The van der Waals surface area contributed by atoms with Crippen molar-refractivity contribution in [2.24, 2.45) is 0 Å². The number of carbonyl (C=O) groups is 1. The molecule has 3 rings (SSSR count). The van der Waals surface area contributed by atoms with E-state index in [1.165, 1.54) is 12.1 Å². The maximum atomic E-state index is 13.1. The first-order valence-electron chi connectivity index (χ1n) is 9.04. The van der Waals surface area contributed by atoms with Crippen molar-refractivity contribution in [1.29, 1.82) is 0 Å². The molecular formula is C21H23F3N2O. The van der Waals surface area contributed by atoms with Gasteiger partial charge in [0.15, 0.2) is 0 Å². The average Bonchev–Trinajstić information content (AvgIpc) is 2.64. The van der Waals surface area contributed by atoms with Gasteiger partial charge in [-0.2, -0.15) is 13.2 Å². The van der Waals surface area contributed by atoms with E-state index < -0.39 is 11.7 Å². The van der Waals surface area contributed by atoms with Crippen molar-refractivity contribution in [2.45, 2.75) is 26.1 Å². The summed E-state index contributed by atoms with van der Waals surface area (Å²) in [5.74, 6) is 0.0691. The lowest BCUT2D eigenvalue weighted by atomic mass is 10.0. The monoisotopic (exact) mass is 376 g/mol. The molecule has 3 nitrogen and oxygen atoms in total. The van der Waals surface area contributed by atoms with E-state index in [-0.39, 0.29) is 18.0 Å². The van der Waals surface area contributed by atoms with Crippen LogP contribution in [0.2, 0.25) is 0 Å². The van der Waals surface area contributed by atoms with E-state index in [0.29, 0.717) is 32.6 Å². The van der Waals surface area contributed by atoms with Crippen molar-refractivity contribution in [2.75, 3.05) is 26.2 Å². The zero-order valence-electron chi connectivity index (χ0n) is 15.3. The lowest BCUT2D eigenvalue weighted by Crippen LogP contribution is -2.48. The van der Waals surface area contributed by atoms with Gasteiger partial charge in [-0.1, -0.05) is 42.5 Å². The number of benzene rings is 2. The summed E-state index contributed by atoms with van der Waals surface area (Å²) >= 11 is 0. The third-order valence-electron chi connectivity index (χ3n) is 5.04. The molecule has 0 atom stereocenters. The van der Waals surface area contributed by atoms with Crippen molar-refractivity contribution in [1.82, 2.24) is 9.80 Å². The summed E-state index contributed by atoms with van der Waals surface area (Å²) in [5, 5.41) is 0. The van der Waals surface area contributed by atoms with E-state index in [9.17, 15) is 18.0 Å². The Balaban J connectivity index is 1.57. The number of amides is 1. The van der Waals surface area contributed by atoms with Gasteiger partial charge in [0.1, 0.15) is 0 Å². The van der Waals surface area contributed by atoms with Gasteiger partial charge in [-0.25, -0.2) is 0 Å². The molecule has 1 aliphatic heterocycles. The molecule has 0 spiro atoms. The van der Waals surface area contributed by atoms with Crippen LogP contribution in [0.25, 0.3) is 0 Å². The van der Waals surface area contributed by atoms with E-state index in [1.54, 1.807) is 11.0 Å². The molecular weight excluding hydrogens is 353 g/mol. The SMILES string of the molecule is Cc1ccccc1CC(=O)N1CCN(Cc2ccccc2C(F)(F)F)CC1. The van der Waals surface area contributed by atoms with Crippen molar-refractivity contribution < 1.29 is 18.0 Å². The van der Waals surface area contributed by atoms with Crippen LogP contribution in [0.5, 0.6) is 0 Å². The van der Waals surface area contributed by atoms with E-state index >= 15 is 0 Å². The number of alkyl halides is 3. The largest absolute Gasteiger partial charge is 0.416 e. The van der Waals surface area contributed by atoms with Crippen LogP contribution in [0.15, 0.2) is 48.5 Å². The summed E-state index contributed by atoms with van der Waals surface area (Å²) in [4.78, 5) is 16.3. The first kappa shape index (κ1) is 19.4. The Kier molecular flexibility index (Phi) is 5.85. The molecule has 1 heterocycles. The zero-order chi connectivity index (χ0) is 19.4. The minimum atomic E-state index is -4.35. The Morgan fingerprint density at radius 3 is 2.15 bits per heavy atom. The maximum absolute atomic E-state index is 13.1. The predicted octanol–water partition coefficient (Wildman–Crippen LogP) is 3.90. The number of halogens is 3. The van der Waals surface area contributed by atoms with Gasteiger partial charge in [0.25, 0.3) is 0 Å². The number of carbonyl (C=O) groups excluding carboxylic acids is 1.